The Labute approximate surface area is 154 Å². The monoisotopic (exact) mass is 367 g/mol. The summed E-state index contributed by atoms with van der Waals surface area (Å²) in [4.78, 5) is 30.5. The number of aliphatic hydroxyl groups is 1. The Bertz CT molecular complexity index is 1290. The third-order valence-electron chi connectivity index (χ3n) is 5.05. The van der Waals surface area contributed by atoms with E-state index in [1.54, 1.807) is 11.4 Å². The molecule has 0 amide bonds. The molecule has 0 radical (unpaired) electrons. The summed E-state index contributed by atoms with van der Waals surface area (Å²) in [6.45, 7) is 4.39. The van der Waals surface area contributed by atoms with Crippen molar-refractivity contribution < 1.29 is 5.11 Å². The van der Waals surface area contributed by atoms with E-state index < -0.39 is 5.69 Å². The average Bonchev–Trinajstić information content (AvgIpc) is 3.15. The van der Waals surface area contributed by atoms with Gasteiger partial charge in [0, 0.05) is 25.5 Å². The smallest absolute Gasteiger partial charge is 0.332 e. The number of benzene rings is 1. The van der Waals surface area contributed by atoms with Crippen LogP contribution in [-0.4, -0.2) is 34.8 Å². The molecule has 140 valence electrons. The summed E-state index contributed by atoms with van der Waals surface area (Å²) >= 11 is 0. The van der Waals surface area contributed by atoms with E-state index in [0.29, 0.717) is 23.5 Å². The maximum absolute atomic E-state index is 13.2. The SMILES string of the molecule is Cc1ccccc1Cn1c(=O)c2c(nc3n(CCO)c(C)cn23)n(C)c1=O. The molecule has 0 fully saturated rings. The minimum atomic E-state index is -0.401. The predicted molar refractivity (Wildman–Crippen MR) is 102 cm³/mol. The van der Waals surface area contributed by atoms with Crippen molar-refractivity contribution in [3.63, 3.8) is 0 Å². The highest BCUT2D eigenvalue weighted by Gasteiger charge is 2.20. The highest BCUT2D eigenvalue weighted by Crippen LogP contribution is 2.16. The van der Waals surface area contributed by atoms with Gasteiger partial charge in [-0.05, 0) is 25.0 Å². The van der Waals surface area contributed by atoms with Gasteiger partial charge < -0.3 is 9.67 Å². The first-order valence-electron chi connectivity index (χ1n) is 8.77. The molecule has 0 saturated carbocycles. The lowest BCUT2D eigenvalue weighted by Gasteiger charge is -2.10. The summed E-state index contributed by atoms with van der Waals surface area (Å²) in [5, 5.41) is 9.31. The van der Waals surface area contributed by atoms with Crippen molar-refractivity contribution in [2.45, 2.75) is 26.9 Å². The maximum atomic E-state index is 13.2. The Hall–Kier alpha value is -3.13. The molecule has 4 rings (SSSR count). The fourth-order valence-corrected chi connectivity index (χ4v) is 3.53. The van der Waals surface area contributed by atoms with Crippen molar-refractivity contribution in [3.8, 4) is 0 Å². The third kappa shape index (κ3) is 2.52. The summed E-state index contributed by atoms with van der Waals surface area (Å²) in [5.74, 6) is 0.539. The average molecular weight is 367 g/mol. The lowest BCUT2D eigenvalue weighted by atomic mass is 10.1. The molecule has 3 aromatic heterocycles. The van der Waals surface area contributed by atoms with Crippen molar-refractivity contribution in [2.24, 2.45) is 7.05 Å². The van der Waals surface area contributed by atoms with Crippen molar-refractivity contribution in [1.29, 1.82) is 0 Å². The van der Waals surface area contributed by atoms with Gasteiger partial charge in [-0.25, -0.2) is 4.79 Å². The number of aromatic nitrogens is 5. The summed E-state index contributed by atoms with van der Waals surface area (Å²) in [6, 6.07) is 7.69. The molecule has 27 heavy (non-hydrogen) atoms. The van der Waals surface area contributed by atoms with E-state index >= 15 is 0 Å². The first kappa shape index (κ1) is 17.3. The molecule has 0 bridgehead atoms. The van der Waals surface area contributed by atoms with Gasteiger partial charge in [0.15, 0.2) is 11.2 Å². The number of hydrogen-bond acceptors (Lipinski definition) is 4. The summed E-state index contributed by atoms with van der Waals surface area (Å²) < 4.78 is 6.18. The first-order valence-corrected chi connectivity index (χ1v) is 8.77. The molecular weight excluding hydrogens is 346 g/mol. The van der Waals surface area contributed by atoms with Crippen molar-refractivity contribution in [3.05, 3.63) is 68.1 Å². The van der Waals surface area contributed by atoms with Gasteiger partial charge in [0.1, 0.15) is 0 Å². The molecule has 0 atom stereocenters. The summed E-state index contributed by atoms with van der Waals surface area (Å²) in [6.07, 6.45) is 1.81. The largest absolute Gasteiger partial charge is 0.395 e. The summed E-state index contributed by atoms with van der Waals surface area (Å²) in [7, 11) is 1.62. The van der Waals surface area contributed by atoms with Crippen molar-refractivity contribution in [2.75, 3.05) is 6.61 Å². The van der Waals surface area contributed by atoms with Crippen LogP contribution in [0.2, 0.25) is 0 Å². The number of rotatable bonds is 4. The molecule has 8 nitrogen and oxygen atoms in total. The normalized spacial score (nSPS) is 11.7. The molecule has 1 aromatic carbocycles. The van der Waals surface area contributed by atoms with Crippen LogP contribution >= 0.6 is 0 Å². The van der Waals surface area contributed by atoms with Gasteiger partial charge in [-0.1, -0.05) is 24.3 Å². The number of hydrogen-bond donors (Lipinski definition) is 1. The Balaban J connectivity index is 2.03. The molecule has 0 spiro atoms. The van der Waals surface area contributed by atoms with E-state index in [2.05, 4.69) is 4.98 Å². The van der Waals surface area contributed by atoms with E-state index in [1.807, 2.05) is 48.9 Å². The van der Waals surface area contributed by atoms with Gasteiger partial charge in [-0.3, -0.25) is 18.3 Å². The molecule has 0 aliphatic rings. The van der Waals surface area contributed by atoms with Crippen LogP contribution in [0.25, 0.3) is 16.9 Å². The second-order valence-corrected chi connectivity index (χ2v) is 6.76. The Morgan fingerprint density at radius 1 is 1.11 bits per heavy atom. The Kier molecular flexibility index (Phi) is 4.00. The molecule has 0 aliphatic carbocycles. The van der Waals surface area contributed by atoms with Crippen LogP contribution in [0.3, 0.4) is 0 Å². The van der Waals surface area contributed by atoms with Crippen molar-refractivity contribution in [1.82, 2.24) is 23.1 Å². The maximum Gasteiger partial charge on any atom is 0.332 e. The molecule has 0 aliphatic heterocycles. The van der Waals surface area contributed by atoms with Gasteiger partial charge >= 0.3 is 5.69 Å². The molecular formula is C19H21N5O3. The number of imidazole rings is 2. The van der Waals surface area contributed by atoms with E-state index in [1.165, 1.54) is 9.13 Å². The number of aliphatic hydroxyl groups excluding tert-OH is 1. The van der Waals surface area contributed by atoms with Crippen LogP contribution in [0.15, 0.2) is 40.1 Å². The van der Waals surface area contributed by atoms with Gasteiger partial charge in [0.25, 0.3) is 5.56 Å². The van der Waals surface area contributed by atoms with Gasteiger partial charge in [-0.15, -0.1) is 0 Å². The van der Waals surface area contributed by atoms with Gasteiger partial charge in [0.2, 0.25) is 5.78 Å². The standard InChI is InChI=1S/C19H21N5O3/c1-12-6-4-5-7-14(12)11-24-17(26)15-16(21(3)19(24)27)20-18-22(8-9-25)13(2)10-23(15)18/h4-7,10,25H,8-9,11H2,1-3H3. The second-order valence-electron chi connectivity index (χ2n) is 6.76. The number of fused-ring (bicyclic) bond motifs is 3. The second kappa shape index (κ2) is 6.24. The molecule has 8 heteroatoms. The van der Waals surface area contributed by atoms with Crippen LogP contribution < -0.4 is 11.2 Å². The lowest BCUT2D eigenvalue weighted by Crippen LogP contribution is -2.39. The van der Waals surface area contributed by atoms with Crippen LogP contribution in [0, 0.1) is 13.8 Å². The van der Waals surface area contributed by atoms with Crippen LogP contribution in [0.5, 0.6) is 0 Å². The molecule has 3 heterocycles. The number of aryl methyl sites for hydroxylation is 3. The van der Waals surface area contributed by atoms with Crippen LogP contribution in [0.1, 0.15) is 16.8 Å². The van der Waals surface area contributed by atoms with Gasteiger partial charge in [-0.2, -0.15) is 4.98 Å². The molecule has 1 N–H and O–H groups in total. The zero-order valence-electron chi connectivity index (χ0n) is 15.5. The Morgan fingerprint density at radius 2 is 1.85 bits per heavy atom. The minimum absolute atomic E-state index is 0.0369. The number of nitrogens with zero attached hydrogens (tertiary/aromatic N) is 5. The summed E-state index contributed by atoms with van der Waals surface area (Å²) in [5.41, 5.74) is 2.76. The fraction of sp³-hybridized carbons (Fsp3) is 0.316. The van der Waals surface area contributed by atoms with E-state index in [-0.39, 0.29) is 18.7 Å². The van der Waals surface area contributed by atoms with E-state index in [9.17, 15) is 14.7 Å². The Morgan fingerprint density at radius 3 is 2.56 bits per heavy atom. The minimum Gasteiger partial charge on any atom is -0.395 e. The van der Waals surface area contributed by atoms with Crippen LogP contribution in [-0.2, 0) is 20.1 Å². The fourth-order valence-electron chi connectivity index (χ4n) is 3.53. The van der Waals surface area contributed by atoms with E-state index in [0.717, 1.165) is 16.8 Å². The topological polar surface area (TPSA) is 86.5 Å². The molecule has 0 unspecified atom stereocenters. The molecule has 4 aromatic rings. The highest BCUT2D eigenvalue weighted by molar-refractivity contribution is 5.75. The highest BCUT2D eigenvalue weighted by atomic mass is 16.3. The molecule has 0 saturated heterocycles. The lowest BCUT2D eigenvalue weighted by molar-refractivity contribution is 0.276. The predicted octanol–water partition coefficient (Wildman–Crippen LogP) is 0.807. The zero-order chi connectivity index (χ0) is 19.3. The van der Waals surface area contributed by atoms with Crippen LogP contribution in [0.4, 0.5) is 0 Å². The van der Waals surface area contributed by atoms with Crippen molar-refractivity contribution >= 4 is 16.9 Å². The zero-order valence-corrected chi connectivity index (χ0v) is 15.5. The third-order valence-corrected chi connectivity index (χ3v) is 5.05. The van der Waals surface area contributed by atoms with Gasteiger partial charge in [0.05, 0.1) is 13.2 Å². The first-order chi connectivity index (χ1) is 12.9. The quantitative estimate of drug-likeness (QED) is 0.578. The van der Waals surface area contributed by atoms with E-state index in [4.69, 9.17) is 0 Å².